The number of pyridine rings is 1. The van der Waals surface area contributed by atoms with Crippen LogP contribution in [0.5, 0.6) is 5.75 Å². The van der Waals surface area contributed by atoms with Gasteiger partial charge in [0.2, 0.25) is 0 Å². The van der Waals surface area contributed by atoms with E-state index >= 15 is 0 Å². The van der Waals surface area contributed by atoms with Gasteiger partial charge in [-0.1, -0.05) is 25.6 Å². The molecule has 3 rings (SSSR count). The number of ether oxygens (including phenoxy) is 1. The molecule has 1 aliphatic heterocycles. The monoisotopic (exact) mass is 380 g/mol. The van der Waals surface area contributed by atoms with Crippen LogP contribution < -0.4 is 4.74 Å². The fourth-order valence-corrected chi connectivity index (χ4v) is 3.36. The molecule has 2 heterocycles. The fourth-order valence-electron chi connectivity index (χ4n) is 3.36. The van der Waals surface area contributed by atoms with Crippen LogP contribution in [0.15, 0.2) is 54.9 Å². The Morgan fingerprint density at radius 2 is 2.00 bits per heavy atom. The molecule has 0 radical (unpaired) electrons. The molecule has 0 aliphatic carbocycles. The van der Waals surface area contributed by atoms with E-state index in [1.165, 1.54) is 16.8 Å². The third kappa shape index (κ3) is 6.36. The Labute approximate surface area is 167 Å². The number of aryl methyl sites for hydroxylation is 1. The van der Waals surface area contributed by atoms with Gasteiger partial charge < -0.3 is 9.64 Å². The Balaban J connectivity index is 0.000000878. The van der Waals surface area contributed by atoms with E-state index in [1.54, 1.807) is 0 Å². The van der Waals surface area contributed by atoms with Crippen molar-refractivity contribution in [2.45, 2.75) is 39.2 Å². The summed E-state index contributed by atoms with van der Waals surface area (Å²) in [6.45, 7) is 8.14. The summed E-state index contributed by atoms with van der Waals surface area (Å²) < 4.78 is 5.98. The van der Waals surface area contributed by atoms with E-state index in [9.17, 15) is 0 Å². The van der Waals surface area contributed by atoms with Crippen LogP contribution in [0, 0.1) is 5.92 Å². The summed E-state index contributed by atoms with van der Waals surface area (Å²) in [5.41, 5.74) is 5.15. The van der Waals surface area contributed by atoms with Crippen molar-refractivity contribution in [1.29, 1.82) is 0 Å². The van der Waals surface area contributed by atoms with E-state index in [1.807, 2.05) is 18.3 Å². The molecule has 1 atom stereocenters. The maximum atomic E-state index is 8.12. The van der Waals surface area contributed by atoms with Crippen LogP contribution >= 0.6 is 0 Å². The van der Waals surface area contributed by atoms with Crippen molar-refractivity contribution in [3.63, 3.8) is 0 Å². The van der Waals surface area contributed by atoms with E-state index in [2.05, 4.69) is 54.7 Å². The lowest BCUT2D eigenvalue weighted by atomic mass is 9.97. The number of carbonyl (C=O) groups excluding carboxylic acids is 2. The molecule has 2 aromatic rings. The van der Waals surface area contributed by atoms with E-state index < -0.39 is 0 Å². The van der Waals surface area contributed by atoms with Crippen molar-refractivity contribution in [3.05, 3.63) is 71.7 Å². The number of nitrogens with zero attached hydrogens (tertiary/aromatic N) is 2. The number of rotatable bonds is 6. The summed E-state index contributed by atoms with van der Waals surface area (Å²) in [5, 5.41) is 0. The van der Waals surface area contributed by atoms with Crippen LogP contribution in [0.3, 0.4) is 0 Å². The zero-order valence-electron chi connectivity index (χ0n) is 16.7. The molecule has 1 aromatic heterocycles. The maximum absolute atomic E-state index is 8.12. The molecule has 0 N–H and O–H groups in total. The maximum Gasteiger partial charge on any atom is 0.373 e. The molecule has 0 saturated heterocycles. The third-order valence-electron chi connectivity index (χ3n) is 4.99. The topological polar surface area (TPSA) is 59.5 Å². The number of benzene rings is 1. The largest absolute Gasteiger partial charge is 0.494 e. The molecule has 0 spiro atoms. The zero-order valence-corrected chi connectivity index (χ0v) is 16.7. The lowest BCUT2D eigenvalue weighted by Crippen LogP contribution is -2.18. The Morgan fingerprint density at radius 1 is 1.21 bits per heavy atom. The molecule has 28 heavy (non-hydrogen) atoms. The number of aromatic nitrogens is 1. The van der Waals surface area contributed by atoms with Gasteiger partial charge in [0.15, 0.2) is 0 Å². The lowest BCUT2D eigenvalue weighted by molar-refractivity contribution is -0.191. The highest BCUT2D eigenvalue weighted by Gasteiger charge is 2.19. The van der Waals surface area contributed by atoms with Crippen molar-refractivity contribution in [2.24, 2.45) is 5.92 Å². The van der Waals surface area contributed by atoms with Gasteiger partial charge in [-0.3, -0.25) is 4.98 Å². The van der Waals surface area contributed by atoms with Crippen molar-refractivity contribution < 1.29 is 14.3 Å². The summed E-state index contributed by atoms with van der Waals surface area (Å²) >= 11 is 0. The molecule has 0 fully saturated rings. The standard InChI is InChI=1S/C22H28N2O.CO2/c1-17-14-19-10-11-22(15-20(19)16-24(3)18(17)2)25-13-7-5-9-21-8-4-6-12-23-21;2-1-3/h4,6,8,10-12,15,17H,2,5,7,9,13-14,16H2,1,3H3;/t17-;/m1./s1. The van der Waals surface area contributed by atoms with Gasteiger partial charge in [0.1, 0.15) is 5.75 Å². The van der Waals surface area contributed by atoms with Gasteiger partial charge >= 0.3 is 6.15 Å². The quantitative estimate of drug-likeness (QED) is 0.708. The van der Waals surface area contributed by atoms with E-state index in [0.29, 0.717) is 5.92 Å². The van der Waals surface area contributed by atoms with Gasteiger partial charge in [-0.25, -0.2) is 0 Å². The number of fused-ring (bicyclic) bond motifs is 1. The van der Waals surface area contributed by atoms with Crippen LogP contribution in [0.25, 0.3) is 0 Å². The SMILES string of the molecule is C=C1[C@H](C)Cc2ccc(OCCCCc3ccccn3)cc2CN1C.O=C=O. The number of hydrogen-bond donors (Lipinski definition) is 0. The number of unbranched alkanes of at least 4 members (excludes halogenated alkanes) is 1. The summed E-state index contributed by atoms with van der Waals surface area (Å²) in [6, 6.07) is 12.6. The molecule has 5 heteroatoms. The fraction of sp³-hybridized carbons (Fsp3) is 0.391. The van der Waals surface area contributed by atoms with Crippen LogP contribution in [-0.2, 0) is 29.0 Å². The summed E-state index contributed by atoms with van der Waals surface area (Å²) in [4.78, 5) is 22.9. The van der Waals surface area contributed by atoms with Crippen molar-refractivity contribution >= 4 is 6.15 Å². The zero-order chi connectivity index (χ0) is 20.4. The molecule has 0 bridgehead atoms. The van der Waals surface area contributed by atoms with Gasteiger partial charge in [0.25, 0.3) is 0 Å². The molecule has 1 aliphatic rings. The summed E-state index contributed by atoms with van der Waals surface area (Å²) in [5.74, 6) is 1.47. The van der Waals surface area contributed by atoms with Gasteiger partial charge in [-0.05, 0) is 67.0 Å². The highest BCUT2D eigenvalue weighted by molar-refractivity contribution is 5.38. The van der Waals surface area contributed by atoms with Crippen LogP contribution in [0.4, 0.5) is 0 Å². The summed E-state index contributed by atoms with van der Waals surface area (Å²) in [6.07, 6.45) is 6.32. The molecule has 0 saturated carbocycles. The molecular formula is C23H28N2O3. The normalized spacial score (nSPS) is 15.6. The minimum atomic E-state index is 0.250. The molecule has 0 unspecified atom stereocenters. The molecule has 1 aromatic carbocycles. The Kier molecular flexibility index (Phi) is 8.44. The molecule has 5 nitrogen and oxygen atoms in total. The van der Waals surface area contributed by atoms with Gasteiger partial charge in [0, 0.05) is 31.2 Å². The van der Waals surface area contributed by atoms with Crippen LogP contribution in [0.2, 0.25) is 0 Å². The first kappa shape index (κ1) is 21.4. The second-order valence-electron chi connectivity index (χ2n) is 7.09. The van der Waals surface area contributed by atoms with Gasteiger partial charge in [-0.2, -0.15) is 9.59 Å². The number of allylic oxidation sites excluding steroid dienone is 1. The van der Waals surface area contributed by atoms with Crippen LogP contribution in [0.1, 0.15) is 36.6 Å². The highest BCUT2D eigenvalue weighted by atomic mass is 16.5. The van der Waals surface area contributed by atoms with E-state index in [4.69, 9.17) is 14.3 Å². The second-order valence-corrected chi connectivity index (χ2v) is 7.09. The number of hydrogen-bond acceptors (Lipinski definition) is 5. The molecule has 0 amide bonds. The summed E-state index contributed by atoms with van der Waals surface area (Å²) in [7, 11) is 2.12. The van der Waals surface area contributed by atoms with Crippen molar-refractivity contribution in [2.75, 3.05) is 13.7 Å². The first-order valence-electron chi connectivity index (χ1n) is 9.59. The van der Waals surface area contributed by atoms with Gasteiger partial charge in [-0.15, -0.1) is 0 Å². The average molecular weight is 380 g/mol. The average Bonchev–Trinajstić information content (AvgIpc) is 2.80. The third-order valence-corrected chi connectivity index (χ3v) is 4.99. The lowest BCUT2D eigenvalue weighted by Gasteiger charge is -2.22. The Morgan fingerprint density at radius 3 is 2.71 bits per heavy atom. The molecular weight excluding hydrogens is 352 g/mol. The predicted molar refractivity (Wildman–Crippen MR) is 108 cm³/mol. The first-order valence-corrected chi connectivity index (χ1v) is 9.59. The second kappa shape index (κ2) is 11.1. The molecule has 148 valence electrons. The Bertz CT molecular complexity index is 799. The smallest absolute Gasteiger partial charge is 0.373 e. The predicted octanol–water partition coefficient (Wildman–Crippen LogP) is 4.04. The van der Waals surface area contributed by atoms with Gasteiger partial charge in [0.05, 0.1) is 6.61 Å². The van der Waals surface area contributed by atoms with Crippen LogP contribution in [-0.4, -0.2) is 29.7 Å². The van der Waals surface area contributed by atoms with E-state index in [0.717, 1.165) is 50.3 Å². The van der Waals surface area contributed by atoms with E-state index in [-0.39, 0.29) is 6.15 Å². The minimum absolute atomic E-state index is 0.250. The van der Waals surface area contributed by atoms with Crippen molar-refractivity contribution in [3.8, 4) is 5.75 Å². The highest BCUT2D eigenvalue weighted by Crippen LogP contribution is 2.29. The Hall–Kier alpha value is -2.91. The minimum Gasteiger partial charge on any atom is -0.494 e. The first-order chi connectivity index (χ1) is 13.5. The van der Waals surface area contributed by atoms with Crippen molar-refractivity contribution in [1.82, 2.24) is 9.88 Å².